The van der Waals surface area contributed by atoms with Crippen LogP contribution in [-0.2, 0) is 11.2 Å². The van der Waals surface area contributed by atoms with Crippen molar-refractivity contribution < 1.29 is 13.9 Å². The quantitative estimate of drug-likeness (QED) is 0.759. The molecule has 142 valence electrons. The summed E-state index contributed by atoms with van der Waals surface area (Å²) in [5, 5.41) is 7.15. The van der Waals surface area contributed by atoms with Crippen molar-refractivity contribution >= 4 is 11.6 Å². The highest BCUT2D eigenvalue weighted by Gasteiger charge is 2.27. The highest BCUT2D eigenvalue weighted by molar-refractivity contribution is 5.95. The number of benzene rings is 2. The van der Waals surface area contributed by atoms with E-state index in [0.717, 1.165) is 15.9 Å². The molecule has 1 aliphatic rings. The van der Waals surface area contributed by atoms with E-state index in [2.05, 4.69) is 10.4 Å². The predicted molar refractivity (Wildman–Crippen MR) is 103 cm³/mol. The first-order valence-corrected chi connectivity index (χ1v) is 8.89. The molecule has 28 heavy (non-hydrogen) atoms. The number of nitrogens with one attached hydrogen (secondary N) is 1. The van der Waals surface area contributed by atoms with E-state index in [0.29, 0.717) is 18.6 Å². The van der Waals surface area contributed by atoms with Gasteiger partial charge in [0, 0.05) is 23.4 Å². The van der Waals surface area contributed by atoms with Gasteiger partial charge in [0.25, 0.3) is 5.56 Å². The number of aryl methyl sites for hydroxylation is 1. The number of fused-ring (bicyclic) bond motifs is 1. The Morgan fingerprint density at radius 1 is 1.14 bits per heavy atom. The molecule has 1 aliphatic heterocycles. The van der Waals surface area contributed by atoms with Gasteiger partial charge in [-0.3, -0.25) is 9.59 Å². The van der Waals surface area contributed by atoms with Gasteiger partial charge in [-0.25, -0.2) is 9.07 Å². The minimum Gasteiger partial charge on any atom is -0.497 e. The SMILES string of the molecule is COc1ccc(-c2ccc(=O)n([C@H]3CCc4ccccc4NC3=O)n2)c(F)c1. The van der Waals surface area contributed by atoms with Crippen LogP contribution in [0.1, 0.15) is 18.0 Å². The van der Waals surface area contributed by atoms with E-state index in [1.54, 1.807) is 6.07 Å². The minimum absolute atomic E-state index is 0.229. The van der Waals surface area contributed by atoms with Crippen molar-refractivity contribution in [3.63, 3.8) is 0 Å². The fraction of sp³-hybridized carbons (Fsp3) is 0.190. The molecule has 0 saturated carbocycles. The van der Waals surface area contributed by atoms with Crippen LogP contribution >= 0.6 is 0 Å². The molecule has 1 aromatic heterocycles. The first-order chi connectivity index (χ1) is 13.6. The zero-order valence-corrected chi connectivity index (χ0v) is 15.2. The number of halogens is 1. The van der Waals surface area contributed by atoms with Gasteiger partial charge >= 0.3 is 0 Å². The zero-order valence-electron chi connectivity index (χ0n) is 15.2. The summed E-state index contributed by atoms with van der Waals surface area (Å²) in [7, 11) is 1.45. The molecule has 0 unspecified atom stereocenters. The highest BCUT2D eigenvalue weighted by atomic mass is 19.1. The number of anilines is 1. The van der Waals surface area contributed by atoms with Crippen molar-refractivity contribution in [2.24, 2.45) is 0 Å². The standard InChI is InChI=1S/C21H18FN3O3/c1-28-14-7-8-15(16(22)12-14)18-9-11-20(26)25(24-18)19-10-6-13-4-2-3-5-17(13)23-21(19)27/h2-5,7-9,11-12,19H,6,10H2,1H3,(H,23,27)/t19-/m0/s1. The second-order valence-corrected chi connectivity index (χ2v) is 6.55. The molecule has 0 bridgehead atoms. The number of amides is 1. The molecule has 7 heteroatoms. The Kier molecular flexibility index (Phi) is 4.65. The Balaban J connectivity index is 1.72. The van der Waals surface area contributed by atoms with E-state index in [1.807, 2.05) is 24.3 Å². The van der Waals surface area contributed by atoms with Crippen LogP contribution in [0.25, 0.3) is 11.3 Å². The summed E-state index contributed by atoms with van der Waals surface area (Å²) in [4.78, 5) is 25.2. The predicted octanol–water partition coefficient (Wildman–Crippen LogP) is 3.18. The fourth-order valence-electron chi connectivity index (χ4n) is 3.36. The summed E-state index contributed by atoms with van der Waals surface area (Å²) < 4.78 is 20.6. The molecule has 1 atom stereocenters. The van der Waals surface area contributed by atoms with Gasteiger partial charge in [-0.1, -0.05) is 18.2 Å². The summed E-state index contributed by atoms with van der Waals surface area (Å²) in [5.41, 5.74) is 1.83. The van der Waals surface area contributed by atoms with Crippen LogP contribution in [0.2, 0.25) is 0 Å². The van der Waals surface area contributed by atoms with Gasteiger partial charge in [-0.2, -0.15) is 5.10 Å². The number of carbonyl (C=O) groups excluding carboxylic acids is 1. The average molecular weight is 379 g/mol. The molecule has 0 radical (unpaired) electrons. The summed E-state index contributed by atoms with van der Waals surface area (Å²) in [5.74, 6) is -0.447. The molecule has 0 saturated heterocycles. The summed E-state index contributed by atoms with van der Waals surface area (Å²) in [6, 6.07) is 13.9. The Labute approximate surface area is 160 Å². The lowest BCUT2D eigenvalue weighted by atomic mass is 10.1. The van der Waals surface area contributed by atoms with Crippen molar-refractivity contribution in [1.82, 2.24) is 9.78 Å². The third-order valence-corrected chi connectivity index (χ3v) is 4.84. The molecule has 4 rings (SSSR count). The Bertz CT molecular complexity index is 1110. The van der Waals surface area contributed by atoms with Crippen LogP contribution in [0.4, 0.5) is 10.1 Å². The number of aromatic nitrogens is 2. The lowest BCUT2D eigenvalue weighted by molar-refractivity contribution is -0.119. The van der Waals surface area contributed by atoms with E-state index in [4.69, 9.17) is 4.74 Å². The number of rotatable bonds is 3. The van der Waals surface area contributed by atoms with Gasteiger partial charge in [0.05, 0.1) is 12.8 Å². The van der Waals surface area contributed by atoms with Crippen LogP contribution in [0, 0.1) is 5.82 Å². The van der Waals surface area contributed by atoms with Gasteiger partial charge in [0.2, 0.25) is 5.91 Å². The molecule has 6 nitrogen and oxygen atoms in total. The molecule has 2 heterocycles. The van der Waals surface area contributed by atoms with Crippen molar-refractivity contribution in [2.45, 2.75) is 18.9 Å². The number of carbonyl (C=O) groups is 1. The number of hydrogen-bond acceptors (Lipinski definition) is 4. The topological polar surface area (TPSA) is 73.2 Å². The second-order valence-electron chi connectivity index (χ2n) is 6.55. The van der Waals surface area contributed by atoms with E-state index in [1.165, 1.54) is 31.4 Å². The Morgan fingerprint density at radius 2 is 1.96 bits per heavy atom. The second kappa shape index (κ2) is 7.26. The molecular formula is C21H18FN3O3. The van der Waals surface area contributed by atoms with Crippen molar-refractivity contribution in [3.05, 3.63) is 76.3 Å². The summed E-state index contributed by atoms with van der Waals surface area (Å²) in [6.45, 7) is 0. The molecule has 2 aromatic carbocycles. The smallest absolute Gasteiger partial charge is 0.267 e. The molecule has 1 amide bonds. The lowest BCUT2D eigenvalue weighted by Crippen LogP contribution is -2.34. The van der Waals surface area contributed by atoms with Gasteiger partial charge in [0.15, 0.2) is 0 Å². The third-order valence-electron chi connectivity index (χ3n) is 4.84. The third kappa shape index (κ3) is 3.26. The molecule has 0 fully saturated rings. The number of methoxy groups -OCH3 is 1. The molecule has 1 N–H and O–H groups in total. The van der Waals surface area contributed by atoms with Crippen LogP contribution in [-0.4, -0.2) is 22.8 Å². The molecule has 3 aromatic rings. The molecule has 0 spiro atoms. The lowest BCUT2D eigenvalue weighted by Gasteiger charge is -2.16. The van der Waals surface area contributed by atoms with Gasteiger partial charge in [-0.15, -0.1) is 0 Å². The maximum Gasteiger partial charge on any atom is 0.267 e. The number of nitrogens with zero attached hydrogens (tertiary/aromatic N) is 2. The monoisotopic (exact) mass is 379 g/mol. The van der Waals surface area contributed by atoms with Gasteiger partial charge < -0.3 is 10.1 Å². The van der Waals surface area contributed by atoms with E-state index in [-0.39, 0.29) is 17.2 Å². The van der Waals surface area contributed by atoms with E-state index < -0.39 is 17.4 Å². The average Bonchev–Trinajstić information content (AvgIpc) is 2.87. The highest BCUT2D eigenvalue weighted by Crippen LogP contribution is 2.27. The number of hydrogen-bond donors (Lipinski definition) is 1. The van der Waals surface area contributed by atoms with E-state index >= 15 is 0 Å². The normalized spacial score (nSPS) is 16.1. The van der Waals surface area contributed by atoms with Crippen molar-refractivity contribution in [2.75, 3.05) is 12.4 Å². The number of ether oxygens (including phenoxy) is 1. The molecule has 0 aliphatic carbocycles. The van der Waals surface area contributed by atoms with Crippen LogP contribution in [0.3, 0.4) is 0 Å². The van der Waals surface area contributed by atoms with Gasteiger partial charge in [0.1, 0.15) is 17.6 Å². The van der Waals surface area contributed by atoms with Crippen LogP contribution in [0.15, 0.2) is 59.4 Å². The Hall–Kier alpha value is -3.48. The van der Waals surface area contributed by atoms with Crippen molar-refractivity contribution in [1.29, 1.82) is 0 Å². The number of para-hydroxylation sites is 1. The zero-order chi connectivity index (χ0) is 19.7. The largest absolute Gasteiger partial charge is 0.497 e. The molecular weight excluding hydrogens is 361 g/mol. The van der Waals surface area contributed by atoms with Crippen LogP contribution < -0.4 is 15.6 Å². The maximum absolute atomic E-state index is 14.4. The van der Waals surface area contributed by atoms with E-state index in [9.17, 15) is 14.0 Å². The summed E-state index contributed by atoms with van der Waals surface area (Å²) >= 11 is 0. The minimum atomic E-state index is -0.777. The summed E-state index contributed by atoms with van der Waals surface area (Å²) in [6.07, 6.45) is 1.04. The maximum atomic E-state index is 14.4. The van der Waals surface area contributed by atoms with Gasteiger partial charge in [-0.05, 0) is 42.7 Å². The first-order valence-electron chi connectivity index (χ1n) is 8.89. The first kappa shape index (κ1) is 17.9. The van der Waals surface area contributed by atoms with Crippen molar-refractivity contribution in [3.8, 4) is 17.0 Å². The fourth-order valence-corrected chi connectivity index (χ4v) is 3.36. The Morgan fingerprint density at radius 3 is 2.75 bits per heavy atom. The van der Waals surface area contributed by atoms with Crippen LogP contribution in [0.5, 0.6) is 5.75 Å².